The first-order valence-corrected chi connectivity index (χ1v) is 10.7. The van der Waals surface area contributed by atoms with Crippen molar-refractivity contribution in [3.8, 4) is 5.75 Å². The van der Waals surface area contributed by atoms with Crippen molar-refractivity contribution < 1.29 is 14.3 Å². The predicted molar refractivity (Wildman–Crippen MR) is 114 cm³/mol. The van der Waals surface area contributed by atoms with E-state index in [1.165, 1.54) is 23.1 Å². The second kappa shape index (κ2) is 10.1. The van der Waals surface area contributed by atoms with E-state index >= 15 is 0 Å². The highest BCUT2D eigenvalue weighted by molar-refractivity contribution is 8.01. The number of rotatable bonds is 9. The van der Waals surface area contributed by atoms with Gasteiger partial charge in [-0.2, -0.15) is 0 Å². The highest BCUT2D eigenvalue weighted by atomic mass is 32.2. The van der Waals surface area contributed by atoms with E-state index in [1.807, 2.05) is 55.5 Å². The van der Waals surface area contributed by atoms with Crippen molar-refractivity contribution in [3.63, 3.8) is 0 Å². The van der Waals surface area contributed by atoms with Gasteiger partial charge in [0.05, 0.1) is 22.5 Å². The summed E-state index contributed by atoms with van der Waals surface area (Å²) in [6, 6.07) is 15.1. The standard InChI is InChI=1S/C20H21N3O3S2/c1-2-18(24)22-14-8-9-16-17(12-14)28-20(23-16)27-13-19(25)21-10-11-26-15-6-4-3-5-7-15/h3-9,12H,2,10-11,13H2,1H3,(H,21,25)(H,22,24). The molecule has 3 rings (SSSR count). The second-order valence-corrected chi connectivity index (χ2v) is 8.12. The van der Waals surface area contributed by atoms with Crippen LogP contribution in [0.4, 0.5) is 5.69 Å². The van der Waals surface area contributed by atoms with Gasteiger partial charge in [-0.15, -0.1) is 11.3 Å². The van der Waals surface area contributed by atoms with Gasteiger partial charge in [0.25, 0.3) is 0 Å². The average molecular weight is 416 g/mol. The van der Waals surface area contributed by atoms with Crippen molar-refractivity contribution in [3.05, 3.63) is 48.5 Å². The van der Waals surface area contributed by atoms with Crippen molar-refractivity contribution in [2.45, 2.75) is 17.7 Å². The third-order valence-corrected chi connectivity index (χ3v) is 5.90. The van der Waals surface area contributed by atoms with E-state index in [0.717, 1.165) is 26.0 Å². The number of amides is 2. The molecular formula is C20H21N3O3S2. The number of anilines is 1. The van der Waals surface area contributed by atoms with Crippen LogP contribution in [0.25, 0.3) is 10.2 Å². The number of nitrogens with zero attached hydrogens (tertiary/aromatic N) is 1. The molecule has 0 saturated carbocycles. The number of carbonyl (C=O) groups excluding carboxylic acids is 2. The zero-order chi connectivity index (χ0) is 19.8. The van der Waals surface area contributed by atoms with Gasteiger partial charge < -0.3 is 15.4 Å². The third-order valence-electron chi connectivity index (χ3n) is 3.74. The number of nitrogens with one attached hydrogen (secondary N) is 2. The van der Waals surface area contributed by atoms with Crippen LogP contribution in [-0.4, -0.2) is 35.7 Å². The number of thiazole rings is 1. The fraction of sp³-hybridized carbons (Fsp3) is 0.250. The molecule has 2 aromatic carbocycles. The Bertz CT molecular complexity index is 944. The van der Waals surface area contributed by atoms with E-state index < -0.39 is 0 Å². The summed E-state index contributed by atoms with van der Waals surface area (Å²) in [5.74, 6) is 1.00. The fourth-order valence-electron chi connectivity index (χ4n) is 2.35. The molecule has 0 aliphatic carbocycles. The van der Waals surface area contributed by atoms with Gasteiger partial charge in [0.1, 0.15) is 12.4 Å². The lowest BCUT2D eigenvalue weighted by atomic mass is 10.3. The predicted octanol–water partition coefficient (Wildman–Crippen LogP) is 3.93. The van der Waals surface area contributed by atoms with Gasteiger partial charge in [0.15, 0.2) is 4.34 Å². The normalized spacial score (nSPS) is 10.6. The Morgan fingerprint density at radius 2 is 1.96 bits per heavy atom. The Hall–Kier alpha value is -2.58. The molecule has 0 unspecified atom stereocenters. The van der Waals surface area contributed by atoms with E-state index in [9.17, 15) is 9.59 Å². The molecule has 2 N–H and O–H groups in total. The molecule has 8 heteroatoms. The molecule has 0 saturated heterocycles. The number of hydrogen-bond acceptors (Lipinski definition) is 6. The van der Waals surface area contributed by atoms with Crippen LogP contribution in [0, 0.1) is 0 Å². The van der Waals surface area contributed by atoms with E-state index in [2.05, 4.69) is 15.6 Å². The molecular weight excluding hydrogens is 394 g/mol. The smallest absolute Gasteiger partial charge is 0.230 e. The van der Waals surface area contributed by atoms with Crippen molar-refractivity contribution in [1.82, 2.24) is 10.3 Å². The maximum Gasteiger partial charge on any atom is 0.230 e. The van der Waals surface area contributed by atoms with Crippen LogP contribution >= 0.6 is 23.1 Å². The lowest BCUT2D eigenvalue weighted by Crippen LogP contribution is -2.29. The topological polar surface area (TPSA) is 80.3 Å². The summed E-state index contributed by atoms with van der Waals surface area (Å²) in [7, 11) is 0. The summed E-state index contributed by atoms with van der Waals surface area (Å²) in [5.41, 5.74) is 1.62. The monoisotopic (exact) mass is 415 g/mol. The lowest BCUT2D eigenvalue weighted by Gasteiger charge is -2.07. The minimum atomic E-state index is -0.0585. The first-order valence-electron chi connectivity index (χ1n) is 8.92. The number of para-hydroxylation sites is 1. The third kappa shape index (κ3) is 5.97. The molecule has 0 spiro atoms. The Labute approximate surface area is 171 Å². The van der Waals surface area contributed by atoms with Crippen LogP contribution in [-0.2, 0) is 9.59 Å². The van der Waals surface area contributed by atoms with Gasteiger partial charge in [-0.3, -0.25) is 9.59 Å². The molecule has 2 amide bonds. The molecule has 146 valence electrons. The number of benzene rings is 2. The molecule has 3 aromatic rings. The van der Waals surface area contributed by atoms with Gasteiger partial charge in [-0.05, 0) is 30.3 Å². The average Bonchev–Trinajstić information content (AvgIpc) is 3.12. The molecule has 0 atom stereocenters. The molecule has 6 nitrogen and oxygen atoms in total. The van der Waals surface area contributed by atoms with Crippen LogP contribution in [0.2, 0.25) is 0 Å². The van der Waals surface area contributed by atoms with E-state index in [1.54, 1.807) is 0 Å². The highest BCUT2D eigenvalue weighted by Crippen LogP contribution is 2.31. The second-order valence-electron chi connectivity index (χ2n) is 5.86. The first kappa shape index (κ1) is 20.2. The summed E-state index contributed by atoms with van der Waals surface area (Å²) in [5, 5.41) is 5.68. The van der Waals surface area contributed by atoms with Gasteiger partial charge in [0, 0.05) is 12.1 Å². The summed E-state index contributed by atoms with van der Waals surface area (Å²) < 4.78 is 7.35. The number of fused-ring (bicyclic) bond motifs is 1. The molecule has 1 aromatic heterocycles. The van der Waals surface area contributed by atoms with Crippen molar-refractivity contribution in [2.24, 2.45) is 0 Å². The van der Waals surface area contributed by atoms with Crippen LogP contribution in [0.15, 0.2) is 52.9 Å². The van der Waals surface area contributed by atoms with Crippen LogP contribution in [0.5, 0.6) is 5.75 Å². The van der Waals surface area contributed by atoms with E-state index in [4.69, 9.17) is 4.74 Å². The maximum atomic E-state index is 12.0. The Morgan fingerprint density at radius 1 is 1.14 bits per heavy atom. The summed E-state index contributed by atoms with van der Waals surface area (Å²) in [4.78, 5) is 28.0. The Morgan fingerprint density at radius 3 is 2.75 bits per heavy atom. The van der Waals surface area contributed by atoms with Crippen molar-refractivity contribution in [2.75, 3.05) is 24.2 Å². The quantitative estimate of drug-likeness (QED) is 0.409. The van der Waals surface area contributed by atoms with E-state index in [-0.39, 0.29) is 11.8 Å². The van der Waals surface area contributed by atoms with Crippen molar-refractivity contribution in [1.29, 1.82) is 0 Å². The zero-order valence-corrected chi connectivity index (χ0v) is 17.1. The largest absolute Gasteiger partial charge is 0.492 e. The van der Waals surface area contributed by atoms with Gasteiger partial charge >= 0.3 is 0 Å². The van der Waals surface area contributed by atoms with Crippen LogP contribution in [0.3, 0.4) is 0 Å². The highest BCUT2D eigenvalue weighted by Gasteiger charge is 2.09. The minimum Gasteiger partial charge on any atom is -0.492 e. The van der Waals surface area contributed by atoms with Crippen LogP contribution < -0.4 is 15.4 Å². The number of hydrogen-bond donors (Lipinski definition) is 2. The Kier molecular flexibility index (Phi) is 7.27. The molecule has 0 fully saturated rings. The number of ether oxygens (including phenoxy) is 1. The molecule has 0 aliphatic rings. The number of carbonyl (C=O) groups is 2. The molecule has 28 heavy (non-hydrogen) atoms. The molecule has 0 radical (unpaired) electrons. The Balaban J connectivity index is 1.44. The SMILES string of the molecule is CCC(=O)Nc1ccc2nc(SCC(=O)NCCOc3ccccc3)sc2c1. The van der Waals surface area contributed by atoms with Crippen LogP contribution in [0.1, 0.15) is 13.3 Å². The first-order chi connectivity index (χ1) is 13.6. The van der Waals surface area contributed by atoms with Crippen molar-refractivity contribution >= 4 is 50.8 Å². The fourth-order valence-corrected chi connectivity index (χ4v) is 4.28. The van der Waals surface area contributed by atoms with Gasteiger partial charge in [-0.1, -0.05) is 36.9 Å². The number of thioether (sulfide) groups is 1. The lowest BCUT2D eigenvalue weighted by molar-refractivity contribution is -0.118. The maximum absolute atomic E-state index is 12.0. The number of aromatic nitrogens is 1. The summed E-state index contributed by atoms with van der Waals surface area (Å²) >= 11 is 2.91. The van der Waals surface area contributed by atoms with Gasteiger partial charge in [-0.25, -0.2) is 4.98 Å². The minimum absolute atomic E-state index is 0.0219. The molecule has 0 aliphatic heterocycles. The summed E-state index contributed by atoms with van der Waals surface area (Å²) in [6.07, 6.45) is 0.438. The zero-order valence-electron chi connectivity index (χ0n) is 15.4. The summed E-state index contributed by atoms with van der Waals surface area (Å²) in [6.45, 7) is 2.69. The van der Waals surface area contributed by atoms with E-state index in [0.29, 0.717) is 25.3 Å². The molecule has 1 heterocycles. The molecule has 0 bridgehead atoms. The van der Waals surface area contributed by atoms with Gasteiger partial charge in [0.2, 0.25) is 11.8 Å².